The first-order chi connectivity index (χ1) is 8.79. The highest BCUT2D eigenvalue weighted by molar-refractivity contribution is 5.53. The van der Waals surface area contributed by atoms with E-state index in [9.17, 15) is 0 Å². The van der Waals surface area contributed by atoms with Crippen molar-refractivity contribution >= 4 is 5.82 Å². The van der Waals surface area contributed by atoms with Crippen LogP contribution in [0.3, 0.4) is 0 Å². The summed E-state index contributed by atoms with van der Waals surface area (Å²) in [6.07, 6.45) is 1.42. The van der Waals surface area contributed by atoms with E-state index in [2.05, 4.69) is 9.97 Å². The fraction of sp³-hybridized carbons (Fsp3) is 0.231. The molecule has 1 atom stereocenters. The van der Waals surface area contributed by atoms with Gasteiger partial charge in [0.1, 0.15) is 24.5 Å². The van der Waals surface area contributed by atoms with Crippen LogP contribution in [0.1, 0.15) is 17.0 Å². The van der Waals surface area contributed by atoms with Gasteiger partial charge in [-0.1, -0.05) is 12.1 Å². The van der Waals surface area contributed by atoms with Gasteiger partial charge in [-0.2, -0.15) is 0 Å². The third-order valence-corrected chi connectivity index (χ3v) is 3.13. The highest BCUT2D eigenvalue weighted by Crippen LogP contribution is 2.39. The highest BCUT2D eigenvalue weighted by atomic mass is 16.5. The van der Waals surface area contributed by atoms with Crippen LogP contribution in [0.4, 0.5) is 5.82 Å². The molecule has 92 valence electrons. The van der Waals surface area contributed by atoms with E-state index in [0.29, 0.717) is 18.3 Å². The van der Waals surface area contributed by atoms with Crippen LogP contribution in [0.5, 0.6) is 11.6 Å². The standard InChI is InChI=1S/C13H13N3O2/c1-17-9-4-2-8(3-5-9)10-6-18-13-11(10)12(14)15-7-16-13/h2-5,7,10H,6H2,1H3,(H2,14,15,16). The molecule has 0 fully saturated rings. The van der Waals surface area contributed by atoms with Crippen LogP contribution >= 0.6 is 0 Å². The van der Waals surface area contributed by atoms with Crippen LogP contribution in [-0.2, 0) is 0 Å². The topological polar surface area (TPSA) is 70.3 Å². The lowest BCUT2D eigenvalue weighted by Crippen LogP contribution is -2.05. The zero-order chi connectivity index (χ0) is 12.5. The number of hydrogen-bond donors (Lipinski definition) is 1. The fourth-order valence-corrected chi connectivity index (χ4v) is 2.18. The third-order valence-electron chi connectivity index (χ3n) is 3.13. The minimum Gasteiger partial charge on any atom is -0.497 e. The van der Waals surface area contributed by atoms with Crippen molar-refractivity contribution in [2.75, 3.05) is 19.5 Å². The SMILES string of the molecule is COc1ccc(C2COc3ncnc(N)c32)cc1. The number of fused-ring (bicyclic) bond motifs is 1. The first-order valence-corrected chi connectivity index (χ1v) is 5.66. The lowest BCUT2D eigenvalue weighted by atomic mass is 9.94. The molecule has 2 N–H and O–H groups in total. The maximum Gasteiger partial charge on any atom is 0.222 e. The lowest BCUT2D eigenvalue weighted by molar-refractivity contribution is 0.332. The third kappa shape index (κ3) is 1.64. The molecular weight excluding hydrogens is 230 g/mol. The van der Waals surface area contributed by atoms with E-state index >= 15 is 0 Å². The Balaban J connectivity index is 2.00. The molecule has 1 unspecified atom stereocenters. The van der Waals surface area contributed by atoms with Crippen molar-refractivity contribution < 1.29 is 9.47 Å². The van der Waals surface area contributed by atoms with Crippen LogP contribution in [0.15, 0.2) is 30.6 Å². The van der Waals surface area contributed by atoms with Crippen LogP contribution in [0.25, 0.3) is 0 Å². The van der Waals surface area contributed by atoms with E-state index in [1.807, 2.05) is 24.3 Å². The van der Waals surface area contributed by atoms with E-state index < -0.39 is 0 Å². The first-order valence-electron chi connectivity index (χ1n) is 5.66. The monoisotopic (exact) mass is 243 g/mol. The van der Waals surface area contributed by atoms with E-state index in [4.69, 9.17) is 15.2 Å². The average Bonchev–Trinajstić information content (AvgIpc) is 2.84. The summed E-state index contributed by atoms with van der Waals surface area (Å²) in [4.78, 5) is 8.11. The number of nitrogen functional groups attached to an aromatic ring is 1. The predicted molar refractivity (Wildman–Crippen MR) is 66.8 cm³/mol. The van der Waals surface area contributed by atoms with Gasteiger partial charge in [0, 0.05) is 0 Å². The molecular formula is C13H13N3O2. The maximum absolute atomic E-state index is 5.90. The number of anilines is 1. The van der Waals surface area contributed by atoms with E-state index in [1.54, 1.807) is 7.11 Å². The van der Waals surface area contributed by atoms with Gasteiger partial charge in [0.15, 0.2) is 0 Å². The lowest BCUT2D eigenvalue weighted by Gasteiger charge is -2.10. The summed E-state index contributed by atoms with van der Waals surface area (Å²) in [5, 5.41) is 0. The maximum atomic E-state index is 5.90. The quantitative estimate of drug-likeness (QED) is 0.867. The zero-order valence-electron chi connectivity index (χ0n) is 9.96. The smallest absolute Gasteiger partial charge is 0.222 e. The fourth-order valence-electron chi connectivity index (χ4n) is 2.18. The second-order valence-electron chi connectivity index (χ2n) is 4.11. The minimum absolute atomic E-state index is 0.0899. The van der Waals surface area contributed by atoms with Gasteiger partial charge in [0.05, 0.1) is 18.6 Å². The summed E-state index contributed by atoms with van der Waals surface area (Å²) in [5.41, 5.74) is 7.90. The summed E-state index contributed by atoms with van der Waals surface area (Å²) in [6, 6.07) is 7.86. The number of hydrogen-bond acceptors (Lipinski definition) is 5. The Kier molecular flexibility index (Phi) is 2.51. The Morgan fingerprint density at radius 2 is 2.06 bits per heavy atom. The Labute approximate surface area is 105 Å². The van der Waals surface area contributed by atoms with Crippen molar-refractivity contribution in [1.29, 1.82) is 0 Å². The molecule has 1 aliphatic rings. The zero-order valence-corrected chi connectivity index (χ0v) is 9.96. The molecule has 0 radical (unpaired) electrons. The molecule has 0 saturated heterocycles. The Bertz CT molecular complexity index is 569. The largest absolute Gasteiger partial charge is 0.497 e. The number of methoxy groups -OCH3 is 1. The molecule has 2 heterocycles. The van der Waals surface area contributed by atoms with E-state index in [-0.39, 0.29) is 5.92 Å². The number of benzene rings is 1. The molecule has 5 heteroatoms. The number of aromatic nitrogens is 2. The molecule has 18 heavy (non-hydrogen) atoms. The van der Waals surface area contributed by atoms with Crippen molar-refractivity contribution in [2.24, 2.45) is 0 Å². The highest BCUT2D eigenvalue weighted by Gasteiger charge is 2.29. The first kappa shape index (κ1) is 10.8. The van der Waals surface area contributed by atoms with Gasteiger partial charge in [-0.25, -0.2) is 9.97 Å². The Hall–Kier alpha value is -2.30. The van der Waals surface area contributed by atoms with E-state index in [1.165, 1.54) is 6.33 Å². The summed E-state index contributed by atoms with van der Waals surface area (Å²) < 4.78 is 10.7. The molecule has 0 saturated carbocycles. The van der Waals surface area contributed by atoms with Crippen molar-refractivity contribution in [2.45, 2.75) is 5.92 Å². The van der Waals surface area contributed by atoms with Gasteiger partial charge in [0.2, 0.25) is 5.88 Å². The van der Waals surface area contributed by atoms with Crippen molar-refractivity contribution in [3.63, 3.8) is 0 Å². The average molecular weight is 243 g/mol. The van der Waals surface area contributed by atoms with Gasteiger partial charge in [-0.3, -0.25) is 0 Å². The molecule has 0 aliphatic carbocycles. The summed E-state index contributed by atoms with van der Waals surface area (Å²) in [7, 11) is 1.65. The van der Waals surface area contributed by atoms with Crippen LogP contribution < -0.4 is 15.2 Å². The molecule has 1 aromatic carbocycles. The molecule has 0 amide bonds. The Morgan fingerprint density at radius 3 is 2.78 bits per heavy atom. The normalized spacial score (nSPS) is 17.1. The minimum atomic E-state index is 0.0899. The van der Waals surface area contributed by atoms with Gasteiger partial charge in [-0.05, 0) is 17.7 Å². The number of nitrogens with zero attached hydrogens (tertiary/aromatic N) is 2. The predicted octanol–water partition coefficient (Wildman–Crippen LogP) is 1.59. The Morgan fingerprint density at radius 1 is 1.28 bits per heavy atom. The second kappa shape index (κ2) is 4.18. The molecule has 2 aromatic rings. The summed E-state index contributed by atoms with van der Waals surface area (Å²) in [5.74, 6) is 1.99. The van der Waals surface area contributed by atoms with Gasteiger partial charge < -0.3 is 15.2 Å². The summed E-state index contributed by atoms with van der Waals surface area (Å²) in [6.45, 7) is 0.546. The van der Waals surface area contributed by atoms with E-state index in [0.717, 1.165) is 16.9 Å². The molecule has 3 rings (SSSR count). The van der Waals surface area contributed by atoms with Gasteiger partial charge in [0.25, 0.3) is 0 Å². The second-order valence-corrected chi connectivity index (χ2v) is 4.11. The number of nitrogens with two attached hydrogens (primary N) is 1. The van der Waals surface area contributed by atoms with Crippen molar-refractivity contribution in [3.8, 4) is 11.6 Å². The van der Waals surface area contributed by atoms with Crippen molar-refractivity contribution in [1.82, 2.24) is 9.97 Å². The molecule has 0 bridgehead atoms. The van der Waals surface area contributed by atoms with Crippen LogP contribution in [-0.4, -0.2) is 23.7 Å². The van der Waals surface area contributed by atoms with Crippen LogP contribution in [0.2, 0.25) is 0 Å². The molecule has 5 nitrogen and oxygen atoms in total. The molecule has 1 aliphatic heterocycles. The number of rotatable bonds is 2. The molecule has 1 aromatic heterocycles. The summed E-state index contributed by atoms with van der Waals surface area (Å²) >= 11 is 0. The molecule has 0 spiro atoms. The van der Waals surface area contributed by atoms with Crippen LogP contribution in [0, 0.1) is 0 Å². The van der Waals surface area contributed by atoms with Crippen molar-refractivity contribution in [3.05, 3.63) is 41.7 Å². The van der Waals surface area contributed by atoms with Gasteiger partial charge >= 0.3 is 0 Å². The van der Waals surface area contributed by atoms with Gasteiger partial charge in [-0.15, -0.1) is 0 Å². The number of ether oxygens (including phenoxy) is 2.